The summed E-state index contributed by atoms with van der Waals surface area (Å²) in [5, 5.41) is 2.85. The summed E-state index contributed by atoms with van der Waals surface area (Å²) < 4.78 is 20.0. The van der Waals surface area contributed by atoms with E-state index in [0.29, 0.717) is 37.7 Å². The Morgan fingerprint density at radius 2 is 1.50 bits per heavy atom. The molecule has 6 nitrogen and oxygen atoms in total. The van der Waals surface area contributed by atoms with Gasteiger partial charge in [0.1, 0.15) is 13.2 Å². The summed E-state index contributed by atoms with van der Waals surface area (Å²) in [6, 6.07) is 25.9. The fourth-order valence-electron chi connectivity index (χ4n) is 3.09. The highest BCUT2D eigenvalue weighted by Crippen LogP contribution is 2.30. The van der Waals surface area contributed by atoms with E-state index < -0.39 is 0 Å². The zero-order chi connectivity index (χ0) is 22.0. The number of nitrogens with one attached hydrogen (secondary N) is 2. The third-order valence-corrected chi connectivity index (χ3v) is 5.25. The van der Waals surface area contributed by atoms with Crippen molar-refractivity contribution < 1.29 is 18.5 Å². The van der Waals surface area contributed by atoms with Crippen molar-refractivity contribution in [3.05, 3.63) is 108 Å². The van der Waals surface area contributed by atoms with Crippen LogP contribution in [0, 0.1) is 0 Å². The van der Waals surface area contributed by atoms with Gasteiger partial charge in [-0.1, -0.05) is 66.7 Å². The maximum atomic E-state index is 12.0. The van der Waals surface area contributed by atoms with Crippen molar-refractivity contribution in [2.75, 3.05) is 6.54 Å². The number of carbonyl (C=O) groups is 1. The summed E-state index contributed by atoms with van der Waals surface area (Å²) in [5.74, 6) is 1.39. The molecule has 3 aromatic rings. The number of hydrogen-bond donors (Lipinski definition) is 2. The molecule has 0 saturated carbocycles. The summed E-state index contributed by atoms with van der Waals surface area (Å²) in [6.07, 6.45) is 2.19. The first-order chi connectivity index (χ1) is 15.8. The lowest BCUT2D eigenvalue weighted by Crippen LogP contribution is -2.27. The minimum absolute atomic E-state index is 0.245. The van der Waals surface area contributed by atoms with Crippen molar-refractivity contribution in [3.63, 3.8) is 0 Å². The summed E-state index contributed by atoms with van der Waals surface area (Å²) >= 11 is 1.02. The summed E-state index contributed by atoms with van der Waals surface area (Å²) in [7, 11) is 0. The number of amides is 1. The molecule has 1 aliphatic heterocycles. The van der Waals surface area contributed by atoms with Crippen LogP contribution in [0.2, 0.25) is 0 Å². The zero-order valence-electron chi connectivity index (χ0n) is 17.5. The van der Waals surface area contributed by atoms with Crippen LogP contribution in [0.3, 0.4) is 0 Å². The van der Waals surface area contributed by atoms with Crippen LogP contribution in [0.4, 0.5) is 0 Å². The lowest BCUT2D eigenvalue weighted by molar-refractivity contribution is -0.119. The molecule has 0 aromatic heterocycles. The molecular formula is C25H24N2O4S. The zero-order valence-corrected chi connectivity index (χ0v) is 18.3. The maximum absolute atomic E-state index is 12.0. The minimum Gasteiger partial charge on any atom is -0.485 e. The summed E-state index contributed by atoms with van der Waals surface area (Å²) in [6.45, 7) is 1.38. The van der Waals surface area contributed by atoms with Gasteiger partial charge in [0, 0.05) is 6.54 Å². The van der Waals surface area contributed by atoms with Gasteiger partial charge in [-0.25, -0.2) is 0 Å². The van der Waals surface area contributed by atoms with Gasteiger partial charge in [0.05, 0.1) is 6.20 Å². The second-order valence-electron chi connectivity index (χ2n) is 7.13. The van der Waals surface area contributed by atoms with Crippen molar-refractivity contribution >= 4 is 18.1 Å². The maximum Gasteiger partial charge on any atom is 0.289 e. The molecule has 0 spiro atoms. The van der Waals surface area contributed by atoms with Gasteiger partial charge in [-0.2, -0.15) is 0 Å². The van der Waals surface area contributed by atoms with Crippen molar-refractivity contribution in [2.24, 2.45) is 0 Å². The average Bonchev–Trinajstić information content (AvgIpc) is 3.39. The number of ether oxygens (including phenoxy) is 2. The van der Waals surface area contributed by atoms with Crippen LogP contribution in [0.1, 0.15) is 16.7 Å². The molecule has 0 aliphatic carbocycles. The largest absolute Gasteiger partial charge is 0.485 e. The second-order valence-corrected chi connectivity index (χ2v) is 7.70. The molecule has 0 saturated heterocycles. The van der Waals surface area contributed by atoms with Gasteiger partial charge < -0.3 is 19.0 Å². The van der Waals surface area contributed by atoms with Gasteiger partial charge in [-0.3, -0.25) is 9.52 Å². The van der Waals surface area contributed by atoms with Crippen LogP contribution in [0.15, 0.2) is 90.8 Å². The predicted molar refractivity (Wildman–Crippen MR) is 125 cm³/mol. The molecule has 0 fully saturated rings. The third kappa shape index (κ3) is 6.21. The van der Waals surface area contributed by atoms with E-state index in [9.17, 15) is 4.79 Å². The van der Waals surface area contributed by atoms with Gasteiger partial charge in [-0.15, -0.1) is 0 Å². The number of carbonyl (C=O) groups excluding carboxylic acids is 1. The van der Waals surface area contributed by atoms with E-state index in [2.05, 4.69) is 10.0 Å². The Balaban J connectivity index is 1.41. The lowest BCUT2D eigenvalue weighted by atomic mass is 10.1. The van der Waals surface area contributed by atoms with E-state index in [-0.39, 0.29) is 11.7 Å². The molecule has 4 rings (SSSR count). The first kappa shape index (κ1) is 21.6. The molecule has 2 N–H and O–H groups in total. The van der Waals surface area contributed by atoms with Crippen LogP contribution in [-0.4, -0.2) is 12.5 Å². The number of rotatable bonds is 10. The molecule has 0 atom stereocenters. The van der Waals surface area contributed by atoms with Gasteiger partial charge in [0.15, 0.2) is 23.7 Å². The Kier molecular flexibility index (Phi) is 7.55. The predicted octanol–water partition coefficient (Wildman–Crippen LogP) is 4.53. The van der Waals surface area contributed by atoms with Crippen molar-refractivity contribution in [3.8, 4) is 11.5 Å². The Morgan fingerprint density at radius 3 is 2.12 bits per heavy atom. The molecule has 1 aliphatic rings. The molecule has 0 unspecified atom stereocenters. The van der Waals surface area contributed by atoms with Gasteiger partial charge in [0.25, 0.3) is 5.91 Å². The number of benzene rings is 3. The monoisotopic (exact) mass is 448 g/mol. The number of hydrogen-bond acceptors (Lipinski definition) is 6. The van der Waals surface area contributed by atoms with E-state index in [1.807, 2.05) is 78.9 Å². The molecule has 3 aromatic carbocycles. The standard InChI is InChI=1S/C25H24N2O4S/c28-25(24-16-27-32-31-24)26-14-13-19-11-12-22(29-17-20-7-3-1-4-8-20)23(15-19)30-18-21-9-5-2-6-10-21/h1-12,15-16,27H,13-14,17-18H2,(H,26,28). The average molecular weight is 449 g/mol. The van der Waals surface area contributed by atoms with Crippen LogP contribution < -0.4 is 19.5 Å². The Bertz CT molecular complexity index is 1060. The van der Waals surface area contributed by atoms with Crippen molar-refractivity contribution in [2.45, 2.75) is 19.6 Å². The molecule has 164 valence electrons. The third-order valence-electron chi connectivity index (χ3n) is 4.78. The summed E-state index contributed by atoms with van der Waals surface area (Å²) in [5.41, 5.74) is 3.20. The van der Waals surface area contributed by atoms with Crippen LogP contribution in [0.25, 0.3) is 0 Å². The fraction of sp³-hybridized carbons (Fsp3) is 0.160. The normalized spacial score (nSPS) is 12.3. The summed E-state index contributed by atoms with van der Waals surface area (Å²) in [4.78, 5) is 12.0. The first-order valence-electron chi connectivity index (χ1n) is 10.3. The fourth-order valence-corrected chi connectivity index (χ4v) is 3.51. The van der Waals surface area contributed by atoms with E-state index in [4.69, 9.17) is 13.7 Å². The molecule has 0 bridgehead atoms. The van der Waals surface area contributed by atoms with Crippen LogP contribution >= 0.6 is 12.2 Å². The van der Waals surface area contributed by atoms with Crippen molar-refractivity contribution in [1.29, 1.82) is 0 Å². The van der Waals surface area contributed by atoms with Crippen LogP contribution in [0.5, 0.6) is 11.5 Å². The van der Waals surface area contributed by atoms with Gasteiger partial charge >= 0.3 is 0 Å². The highest BCUT2D eigenvalue weighted by molar-refractivity contribution is 7.93. The molecule has 0 radical (unpaired) electrons. The highest BCUT2D eigenvalue weighted by atomic mass is 32.2. The quantitative estimate of drug-likeness (QED) is 0.351. The lowest BCUT2D eigenvalue weighted by Gasteiger charge is -2.15. The second kappa shape index (κ2) is 11.2. The van der Waals surface area contributed by atoms with E-state index >= 15 is 0 Å². The van der Waals surface area contributed by atoms with E-state index in [1.54, 1.807) is 0 Å². The van der Waals surface area contributed by atoms with E-state index in [1.165, 1.54) is 6.20 Å². The highest BCUT2D eigenvalue weighted by Gasteiger charge is 2.16. The Hall–Kier alpha value is -3.58. The Labute approximate surface area is 191 Å². The first-order valence-corrected chi connectivity index (χ1v) is 11.1. The van der Waals surface area contributed by atoms with Gasteiger partial charge in [-0.05, 0) is 35.2 Å². The molecular weight excluding hydrogens is 424 g/mol. The molecule has 1 heterocycles. The van der Waals surface area contributed by atoms with E-state index in [0.717, 1.165) is 28.9 Å². The van der Waals surface area contributed by atoms with Crippen LogP contribution in [-0.2, 0) is 28.6 Å². The SMILES string of the molecule is O=C(NCCc1ccc(OCc2ccccc2)c(OCc2ccccc2)c1)C1=CNSO1. The topological polar surface area (TPSA) is 68.8 Å². The molecule has 7 heteroatoms. The Morgan fingerprint density at radius 1 is 0.844 bits per heavy atom. The smallest absolute Gasteiger partial charge is 0.289 e. The van der Waals surface area contributed by atoms with Crippen molar-refractivity contribution in [1.82, 2.24) is 10.0 Å². The molecule has 1 amide bonds. The molecule has 32 heavy (non-hydrogen) atoms. The minimum atomic E-state index is -0.245. The van der Waals surface area contributed by atoms with Gasteiger partial charge in [0.2, 0.25) is 5.76 Å².